The Balaban J connectivity index is 0.000000677. The Morgan fingerprint density at radius 3 is 1.50 bits per heavy atom. The number of aliphatic hydroxyl groups is 3. The molecule has 4 N–H and O–H groups in total. The molecule has 0 aromatic heterocycles. The van der Waals surface area contributed by atoms with Crippen molar-refractivity contribution in [1.29, 1.82) is 0 Å². The second kappa shape index (κ2) is 22.2. The van der Waals surface area contributed by atoms with Crippen molar-refractivity contribution in [2.24, 2.45) is 11.3 Å². The first-order valence-corrected chi connectivity index (χ1v) is 13.6. The molecule has 192 valence electrons. The average Bonchev–Trinajstić information content (AvgIpc) is 2.81. The molecule has 0 bridgehead atoms. The van der Waals surface area contributed by atoms with Gasteiger partial charge in [-0.15, -0.1) is 0 Å². The Kier molecular flexibility index (Phi) is 21.7. The number of carbonyl (C=O) groups is 1. The van der Waals surface area contributed by atoms with Crippen molar-refractivity contribution in [3.05, 3.63) is 0 Å². The summed E-state index contributed by atoms with van der Waals surface area (Å²) >= 11 is 0. The van der Waals surface area contributed by atoms with Gasteiger partial charge < -0.3 is 20.4 Å². The molecule has 1 saturated carbocycles. The zero-order valence-corrected chi connectivity index (χ0v) is 21.0. The van der Waals surface area contributed by atoms with Crippen molar-refractivity contribution in [2.75, 3.05) is 19.8 Å². The third-order valence-corrected chi connectivity index (χ3v) is 7.19. The third kappa shape index (κ3) is 16.0. The van der Waals surface area contributed by atoms with E-state index in [2.05, 4.69) is 6.92 Å². The molecular formula is C27H54O5. The van der Waals surface area contributed by atoms with Crippen LogP contribution in [-0.4, -0.2) is 46.2 Å². The van der Waals surface area contributed by atoms with E-state index in [1.165, 1.54) is 83.5 Å². The SMILES string of the molecule is CCCCCCCCCCCCCCCCCC(=O)O.OCC1CCCCC1(CO)CO. The molecule has 0 aromatic rings. The standard InChI is InChI=1S/C18H36O2.C9H18O3/c1-2-3-4-5-6-7-8-9-10-11-12-13-14-15-16-17-18(19)20;10-5-8-3-1-2-4-9(8,6-11)7-12/h2-17H2,1H3,(H,19,20);8,10-12H,1-7H2. The molecular weight excluding hydrogens is 404 g/mol. The molecule has 5 nitrogen and oxygen atoms in total. The quantitative estimate of drug-likeness (QED) is 0.166. The van der Waals surface area contributed by atoms with Crippen LogP contribution < -0.4 is 0 Å². The van der Waals surface area contributed by atoms with E-state index < -0.39 is 11.4 Å². The summed E-state index contributed by atoms with van der Waals surface area (Å²) in [7, 11) is 0. The minimum atomic E-state index is -0.653. The largest absolute Gasteiger partial charge is 0.481 e. The Bertz CT molecular complexity index is 409. The molecule has 32 heavy (non-hydrogen) atoms. The number of unbranched alkanes of at least 4 members (excludes halogenated alkanes) is 14. The smallest absolute Gasteiger partial charge is 0.303 e. The highest BCUT2D eigenvalue weighted by Gasteiger charge is 2.39. The average molecular weight is 459 g/mol. The third-order valence-electron chi connectivity index (χ3n) is 7.19. The molecule has 1 atom stereocenters. The summed E-state index contributed by atoms with van der Waals surface area (Å²) in [4.78, 5) is 10.3. The highest BCUT2D eigenvalue weighted by Crippen LogP contribution is 2.40. The number of hydrogen-bond donors (Lipinski definition) is 4. The van der Waals surface area contributed by atoms with Crippen molar-refractivity contribution >= 4 is 5.97 Å². The maximum absolute atomic E-state index is 10.3. The normalized spacial score (nSPS) is 17.6. The van der Waals surface area contributed by atoms with Crippen molar-refractivity contribution in [1.82, 2.24) is 0 Å². The first-order chi connectivity index (χ1) is 15.6. The van der Waals surface area contributed by atoms with Gasteiger partial charge in [-0.25, -0.2) is 0 Å². The van der Waals surface area contributed by atoms with Gasteiger partial charge in [-0.1, -0.05) is 110 Å². The van der Waals surface area contributed by atoms with Gasteiger partial charge in [0.05, 0.1) is 13.2 Å². The lowest BCUT2D eigenvalue weighted by molar-refractivity contribution is -0.137. The van der Waals surface area contributed by atoms with E-state index in [1.807, 2.05) is 0 Å². The van der Waals surface area contributed by atoms with Gasteiger partial charge in [-0.05, 0) is 25.2 Å². The predicted octanol–water partition coefficient (Wildman–Crippen LogP) is 6.47. The zero-order chi connectivity index (χ0) is 23.9. The van der Waals surface area contributed by atoms with Crippen LogP contribution in [0.4, 0.5) is 0 Å². The molecule has 0 aromatic carbocycles. The van der Waals surface area contributed by atoms with Crippen molar-refractivity contribution in [3.63, 3.8) is 0 Å². The van der Waals surface area contributed by atoms with Gasteiger partial charge in [0.2, 0.25) is 0 Å². The van der Waals surface area contributed by atoms with Crippen molar-refractivity contribution < 1.29 is 25.2 Å². The first kappa shape index (κ1) is 31.4. The second-order valence-electron chi connectivity index (χ2n) is 9.90. The van der Waals surface area contributed by atoms with E-state index in [4.69, 9.17) is 10.2 Å². The number of aliphatic hydroxyl groups excluding tert-OH is 3. The molecule has 0 aliphatic heterocycles. The second-order valence-corrected chi connectivity index (χ2v) is 9.90. The summed E-state index contributed by atoms with van der Waals surface area (Å²) in [6.07, 6.45) is 24.1. The molecule has 0 saturated heterocycles. The summed E-state index contributed by atoms with van der Waals surface area (Å²) < 4.78 is 0. The molecule has 1 aliphatic rings. The summed E-state index contributed by atoms with van der Waals surface area (Å²) in [6.45, 7) is 2.34. The monoisotopic (exact) mass is 458 g/mol. The maximum Gasteiger partial charge on any atom is 0.303 e. The van der Waals surface area contributed by atoms with Crippen LogP contribution in [0.1, 0.15) is 135 Å². The fourth-order valence-electron chi connectivity index (χ4n) is 4.78. The summed E-state index contributed by atoms with van der Waals surface area (Å²) in [6, 6.07) is 0. The van der Waals surface area contributed by atoms with E-state index in [9.17, 15) is 15.0 Å². The first-order valence-electron chi connectivity index (χ1n) is 13.6. The Hall–Kier alpha value is -0.650. The van der Waals surface area contributed by atoms with Gasteiger partial charge in [-0.2, -0.15) is 0 Å². The molecule has 1 unspecified atom stereocenters. The van der Waals surface area contributed by atoms with Crippen LogP contribution in [-0.2, 0) is 4.79 Å². The van der Waals surface area contributed by atoms with Crippen LogP contribution in [0.15, 0.2) is 0 Å². The molecule has 0 radical (unpaired) electrons. The summed E-state index contributed by atoms with van der Waals surface area (Å²) in [5.41, 5.74) is -0.410. The van der Waals surface area contributed by atoms with Gasteiger partial charge in [0.1, 0.15) is 0 Å². The van der Waals surface area contributed by atoms with E-state index in [0.29, 0.717) is 6.42 Å². The van der Waals surface area contributed by atoms with E-state index in [0.717, 1.165) is 38.5 Å². The van der Waals surface area contributed by atoms with E-state index in [-0.39, 0.29) is 25.7 Å². The number of rotatable bonds is 19. The highest BCUT2D eigenvalue weighted by atomic mass is 16.4. The lowest BCUT2D eigenvalue weighted by atomic mass is 9.67. The molecule has 0 heterocycles. The Labute approximate surface area is 198 Å². The van der Waals surface area contributed by atoms with Crippen LogP contribution in [0, 0.1) is 11.3 Å². The topological polar surface area (TPSA) is 98.0 Å². The van der Waals surface area contributed by atoms with Gasteiger partial charge >= 0.3 is 5.97 Å². The molecule has 5 heteroatoms. The summed E-state index contributed by atoms with van der Waals surface area (Å²) in [5, 5.41) is 35.9. The van der Waals surface area contributed by atoms with Gasteiger partial charge in [0.25, 0.3) is 0 Å². The maximum atomic E-state index is 10.3. The molecule has 1 fully saturated rings. The van der Waals surface area contributed by atoms with E-state index in [1.54, 1.807) is 0 Å². The van der Waals surface area contributed by atoms with E-state index >= 15 is 0 Å². The highest BCUT2D eigenvalue weighted by molar-refractivity contribution is 5.66. The predicted molar refractivity (Wildman–Crippen MR) is 133 cm³/mol. The number of carboxylic acids is 1. The number of carboxylic acid groups (broad SMARTS) is 1. The summed E-state index contributed by atoms with van der Waals surface area (Å²) in [5.74, 6) is -0.569. The Morgan fingerprint density at radius 1 is 0.719 bits per heavy atom. The fraction of sp³-hybridized carbons (Fsp3) is 0.963. The molecule has 0 amide bonds. The van der Waals surface area contributed by atoms with Gasteiger partial charge in [-0.3, -0.25) is 4.79 Å². The van der Waals surface area contributed by atoms with Crippen LogP contribution in [0.3, 0.4) is 0 Å². The zero-order valence-electron chi connectivity index (χ0n) is 21.0. The Morgan fingerprint density at radius 2 is 1.16 bits per heavy atom. The lowest BCUT2D eigenvalue weighted by Gasteiger charge is -2.40. The number of hydrogen-bond acceptors (Lipinski definition) is 4. The minimum absolute atomic E-state index is 0.00523. The van der Waals surface area contributed by atoms with Crippen molar-refractivity contribution in [2.45, 2.75) is 135 Å². The molecule has 1 aliphatic carbocycles. The van der Waals surface area contributed by atoms with Crippen LogP contribution in [0.2, 0.25) is 0 Å². The van der Waals surface area contributed by atoms with Crippen molar-refractivity contribution in [3.8, 4) is 0 Å². The lowest BCUT2D eigenvalue weighted by Crippen LogP contribution is -2.42. The van der Waals surface area contributed by atoms with Crippen LogP contribution in [0.5, 0.6) is 0 Å². The minimum Gasteiger partial charge on any atom is -0.481 e. The van der Waals surface area contributed by atoms with Crippen LogP contribution in [0.25, 0.3) is 0 Å². The van der Waals surface area contributed by atoms with Gasteiger partial charge in [0, 0.05) is 18.4 Å². The van der Waals surface area contributed by atoms with Gasteiger partial charge in [0.15, 0.2) is 0 Å². The molecule has 1 rings (SSSR count). The fourth-order valence-corrected chi connectivity index (χ4v) is 4.78. The molecule has 0 spiro atoms. The van der Waals surface area contributed by atoms with Crippen LogP contribution >= 0.6 is 0 Å². The number of aliphatic carboxylic acids is 1.